The molecule has 2 aromatic carbocycles. The minimum atomic E-state index is -0.435. The van der Waals surface area contributed by atoms with Crippen LogP contribution in [0.3, 0.4) is 0 Å². The average Bonchev–Trinajstić information content (AvgIpc) is 3.47. The molecule has 1 aliphatic rings. The van der Waals surface area contributed by atoms with Crippen LogP contribution in [-0.2, 0) is 7.05 Å². The summed E-state index contributed by atoms with van der Waals surface area (Å²) in [5, 5.41) is 0. The summed E-state index contributed by atoms with van der Waals surface area (Å²) in [4.78, 5) is 27.6. The Bertz CT molecular complexity index is 1090. The summed E-state index contributed by atoms with van der Waals surface area (Å²) in [5.74, 6) is 0.378. The molecule has 27 heavy (non-hydrogen) atoms. The molecule has 0 bridgehead atoms. The second-order valence-corrected chi connectivity index (χ2v) is 6.95. The number of aromatic nitrogens is 2. The lowest BCUT2D eigenvalue weighted by Crippen LogP contribution is -2.21. The molecule has 3 aromatic rings. The maximum atomic E-state index is 11.9. The first kappa shape index (κ1) is 17.0. The van der Waals surface area contributed by atoms with Gasteiger partial charge in [0.1, 0.15) is 0 Å². The molecule has 4 N–H and O–H groups in total. The van der Waals surface area contributed by atoms with Crippen molar-refractivity contribution < 1.29 is 4.79 Å². The van der Waals surface area contributed by atoms with Crippen LogP contribution < -0.4 is 17.0 Å². The van der Waals surface area contributed by atoms with E-state index in [1.54, 1.807) is 25.2 Å². The number of hydrogen-bond donors (Lipinski definition) is 2. The summed E-state index contributed by atoms with van der Waals surface area (Å²) < 4.78 is 1.34. The number of rotatable bonds is 4. The number of hydrogen-bond acceptors (Lipinski definition) is 4. The molecular weight excluding hydrogens is 340 g/mol. The fourth-order valence-electron chi connectivity index (χ4n) is 3.43. The molecule has 2 atom stereocenters. The van der Waals surface area contributed by atoms with E-state index in [9.17, 15) is 9.59 Å². The van der Waals surface area contributed by atoms with Crippen molar-refractivity contribution in [2.24, 2.45) is 12.8 Å². The van der Waals surface area contributed by atoms with Gasteiger partial charge in [-0.3, -0.25) is 14.2 Å². The second-order valence-electron chi connectivity index (χ2n) is 6.95. The number of nitrogens with zero attached hydrogens (tertiary/aromatic N) is 2. The van der Waals surface area contributed by atoms with E-state index in [1.807, 2.05) is 24.3 Å². The second kappa shape index (κ2) is 6.39. The Labute approximate surface area is 156 Å². The van der Waals surface area contributed by atoms with Gasteiger partial charge < -0.3 is 11.5 Å². The van der Waals surface area contributed by atoms with Crippen molar-refractivity contribution in [2.75, 3.05) is 5.73 Å². The number of anilines is 1. The van der Waals surface area contributed by atoms with Gasteiger partial charge >= 0.3 is 0 Å². The Hall–Kier alpha value is -3.41. The SMILES string of the molecule is Cn1c(N)nc([C@H]2C[C@H]2c2ccc(-c3cccc(C(N)=O)c3)cc2)cc1=O. The summed E-state index contributed by atoms with van der Waals surface area (Å²) in [6.07, 6.45) is 0.954. The zero-order chi connectivity index (χ0) is 19.1. The minimum Gasteiger partial charge on any atom is -0.369 e. The van der Waals surface area contributed by atoms with Gasteiger partial charge in [-0.05, 0) is 41.2 Å². The molecule has 0 aliphatic heterocycles. The fourth-order valence-corrected chi connectivity index (χ4v) is 3.43. The van der Waals surface area contributed by atoms with Gasteiger partial charge in [-0.15, -0.1) is 0 Å². The number of benzene rings is 2. The van der Waals surface area contributed by atoms with Crippen molar-refractivity contribution in [3.8, 4) is 11.1 Å². The first-order valence-electron chi connectivity index (χ1n) is 8.77. The summed E-state index contributed by atoms with van der Waals surface area (Å²) in [5.41, 5.74) is 15.5. The monoisotopic (exact) mass is 360 g/mol. The maximum absolute atomic E-state index is 11.9. The summed E-state index contributed by atoms with van der Waals surface area (Å²) in [6.45, 7) is 0. The van der Waals surface area contributed by atoms with Gasteiger partial charge in [0.15, 0.2) is 0 Å². The summed E-state index contributed by atoms with van der Waals surface area (Å²) in [6, 6.07) is 17.1. The van der Waals surface area contributed by atoms with Crippen LogP contribution in [0.1, 0.15) is 39.9 Å². The quantitative estimate of drug-likeness (QED) is 0.745. The molecule has 1 aromatic heterocycles. The van der Waals surface area contributed by atoms with Gasteiger partial charge in [0.25, 0.3) is 5.56 Å². The molecule has 136 valence electrons. The van der Waals surface area contributed by atoms with Crippen LogP contribution in [0.4, 0.5) is 5.95 Å². The Morgan fingerprint density at radius 1 is 1.07 bits per heavy atom. The highest BCUT2D eigenvalue weighted by Crippen LogP contribution is 2.54. The van der Waals surface area contributed by atoms with Crippen molar-refractivity contribution in [1.82, 2.24) is 9.55 Å². The van der Waals surface area contributed by atoms with E-state index >= 15 is 0 Å². The molecule has 0 unspecified atom stereocenters. The predicted octanol–water partition coefficient (Wildman–Crippen LogP) is 2.40. The van der Waals surface area contributed by atoms with Crippen LogP contribution in [0.2, 0.25) is 0 Å². The lowest BCUT2D eigenvalue weighted by molar-refractivity contribution is 0.100. The van der Waals surface area contributed by atoms with Crippen molar-refractivity contribution in [1.29, 1.82) is 0 Å². The van der Waals surface area contributed by atoms with Gasteiger partial charge in [0, 0.05) is 24.6 Å². The summed E-state index contributed by atoms with van der Waals surface area (Å²) in [7, 11) is 1.62. The average molecular weight is 360 g/mol. The Morgan fingerprint density at radius 2 is 1.81 bits per heavy atom. The van der Waals surface area contributed by atoms with Gasteiger partial charge in [-0.25, -0.2) is 4.98 Å². The van der Waals surface area contributed by atoms with Gasteiger partial charge in [0.05, 0.1) is 5.69 Å². The topological polar surface area (TPSA) is 104 Å². The van der Waals surface area contributed by atoms with Gasteiger partial charge in [-0.1, -0.05) is 36.4 Å². The third-order valence-electron chi connectivity index (χ3n) is 5.18. The first-order chi connectivity index (χ1) is 12.9. The zero-order valence-electron chi connectivity index (χ0n) is 14.9. The van der Waals surface area contributed by atoms with E-state index in [-0.39, 0.29) is 17.4 Å². The standard InChI is InChI=1S/C21H20N4O2/c1-25-19(26)11-18(24-21(25)23)17-10-16(17)13-7-5-12(6-8-13)14-3-2-4-15(9-14)20(22)27/h2-9,11,16-17H,10H2,1H3,(H2,22,27)(H2,23,24)/t16-,17-/m0/s1. The van der Waals surface area contributed by atoms with Crippen molar-refractivity contribution in [3.05, 3.63) is 81.8 Å². The smallest absolute Gasteiger partial charge is 0.254 e. The van der Waals surface area contributed by atoms with E-state index in [2.05, 4.69) is 17.1 Å². The van der Waals surface area contributed by atoms with Crippen molar-refractivity contribution >= 4 is 11.9 Å². The van der Waals surface area contributed by atoms with Gasteiger partial charge in [0.2, 0.25) is 11.9 Å². The highest BCUT2D eigenvalue weighted by Gasteiger charge is 2.41. The van der Waals surface area contributed by atoms with Crippen LogP contribution >= 0.6 is 0 Å². The molecule has 0 saturated heterocycles. The number of amides is 1. The highest BCUT2D eigenvalue weighted by atomic mass is 16.1. The molecule has 6 heteroatoms. The molecule has 0 radical (unpaired) electrons. The molecule has 1 heterocycles. The van der Waals surface area contributed by atoms with E-state index in [4.69, 9.17) is 11.5 Å². The fraction of sp³-hybridized carbons (Fsp3) is 0.190. The van der Waals surface area contributed by atoms with E-state index in [0.717, 1.165) is 23.2 Å². The number of nitrogens with two attached hydrogens (primary N) is 2. The van der Waals surface area contributed by atoms with E-state index in [1.165, 1.54) is 10.1 Å². The van der Waals surface area contributed by atoms with Crippen LogP contribution in [0.25, 0.3) is 11.1 Å². The number of nitrogen functional groups attached to an aromatic ring is 1. The first-order valence-corrected chi connectivity index (χ1v) is 8.77. The van der Waals surface area contributed by atoms with Crippen molar-refractivity contribution in [2.45, 2.75) is 18.3 Å². The largest absolute Gasteiger partial charge is 0.369 e. The van der Waals surface area contributed by atoms with E-state index < -0.39 is 5.91 Å². The highest BCUT2D eigenvalue weighted by molar-refractivity contribution is 5.94. The molecule has 1 fully saturated rings. The molecule has 0 spiro atoms. The normalized spacial score (nSPS) is 18.3. The van der Waals surface area contributed by atoms with Gasteiger partial charge in [-0.2, -0.15) is 0 Å². The number of primary amides is 1. The predicted molar refractivity (Wildman–Crippen MR) is 104 cm³/mol. The lowest BCUT2D eigenvalue weighted by Gasteiger charge is -2.07. The molecule has 6 nitrogen and oxygen atoms in total. The Balaban J connectivity index is 1.55. The minimum absolute atomic E-state index is 0.132. The van der Waals surface area contributed by atoms with Crippen LogP contribution in [0, 0.1) is 0 Å². The Kier molecular flexibility index (Phi) is 4.03. The van der Waals surface area contributed by atoms with Crippen LogP contribution in [-0.4, -0.2) is 15.5 Å². The molecule has 1 aliphatic carbocycles. The van der Waals surface area contributed by atoms with Crippen molar-refractivity contribution in [3.63, 3.8) is 0 Å². The molecular formula is C21H20N4O2. The van der Waals surface area contributed by atoms with E-state index in [0.29, 0.717) is 11.5 Å². The molecule has 1 saturated carbocycles. The summed E-state index contributed by atoms with van der Waals surface area (Å²) >= 11 is 0. The Morgan fingerprint density at radius 3 is 2.48 bits per heavy atom. The van der Waals surface area contributed by atoms with Crippen LogP contribution in [0.15, 0.2) is 59.4 Å². The lowest BCUT2D eigenvalue weighted by atomic mass is 9.99. The zero-order valence-corrected chi connectivity index (χ0v) is 14.9. The number of carbonyl (C=O) groups is 1. The third kappa shape index (κ3) is 3.21. The molecule has 4 rings (SSSR count). The maximum Gasteiger partial charge on any atom is 0.254 e. The van der Waals surface area contributed by atoms with Crippen LogP contribution in [0.5, 0.6) is 0 Å². The molecule has 1 amide bonds. The third-order valence-corrected chi connectivity index (χ3v) is 5.18. The number of carbonyl (C=O) groups excluding carboxylic acids is 1.